The standard InChI is InChI=1S/C26H24N4O6S/c1-17-6-4-5-7-24(17)37(33,34)29-26(32)28-21(14-18-8-10-19(27-2)11-9-18)25(31)30(3)20-12-13-22-23(15-20)36-16-35-22/h4-13,15,21H,14,16H2,1,3H3,(H2,28,29,32)/t21-/m0/s1. The van der Waals surface area contributed by atoms with Crippen molar-refractivity contribution in [1.29, 1.82) is 0 Å². The first-order chi connectivity index (χ1) is 17.7. The van der Waals surface area contributed by atoms with E-state index in [-0.39, 0.29) is 18.1 Å². The molecule has 0 aromatic heterocycles. The lowest BCUT2D eigenvalue weighted by Crippen LogP contribution is -2.52. The number of amides is 3. The Balaban J connectivity index is 1.57. The normalized spacial score (nSPS) is 12.8. The van der Waals surface area contributed by atoms with Crippen molar-refractivity contribution in [3.05, 3.63) is 89.3 Å². The van der Waals surface area contributed by atoms with Crippen LogP contribution in [-0.2, 0) is 21.2 Å². The Morgan fingerprint density at radius 2 is 1.76 bits per heavy atom. The highest BCUT2D eigenvalue weighted by molar-refractivity contribution is 7.90. The molecule has 0 saturated heterocycles. The van der Waals surface area contributed by atoms with Crippen molar-refractivity contribution in [3.63, 3.8) is 0 Å². The summed E-state index contributed by atoms with van der Waals surface area (Å²) in [6.45, 7) is 8.81. The maximum absolute atomic E-state index is 13.5. The van der Waals surface area contributed by atoms with E-state index < -0.39 is 28.0 Å². The number of urea groups is 1. The van der Waals surface area contributed by atoms with E-state index in [0.29, 0.717) is 34.0 Å². The quantitative estimate of drug-likeness (QED) is 0.460. The van der Waals surface area contributed by atoms with Gasteiger partial charge in [0.1, 0.15) is 6.04 Å². The van der Waals surface area contributed by atoms with Crippen molar-refractivity contribution in [2.24, 2.45) is 0 Å². The molecule has 190 valence electrons. The van der Waals surface area contributed by atoms with E-state index in [4.69, 9.17) is 16.0 Å². The summed E-state index contributed by atoms with van der Waals surface area (Å²) in [5, 5.41) is 2.51. The first-order valence-corrected chi connectivity index (χ1v) is 12.7. The summed E-state index contributed by atoms with van der Waals surface area (Å²) >= 11 is 0. The summed E-state index contributed by atoms with van der Waals surface area (Å²) in [5.74, 6) is 0.551. The van der Waals surface area contributed by atoms with Crippen LogP contribution in [0.4, 0.5) is 16.2 Å². The average Bonchev–Trinajstić information content (AvgIpc) is 3.35. The van der Waals surface area contributed by atoms with Crippen LogP contribution in [0.5, 0.6) is 11.5 Å². The number of hydrogen-bond acceptors (Lipinski definition) is 6. The summed E-state index contributed by atoms with van der Waals surface area (Å²) in [6, 6.07) is 15.6. The van der Waals surface area contributed by atoms with Gasteiger partial charge in [-0.05, 0) is 36.2 Å². The van der Waals surface area contributed by atoms with Crippen molar-refractivity contribution < 1.29 is 27.5 Å². The molecule has 0 saturated carbocycles. The largest absolute Gasteiger partial charge is 0.454 e. The van der Waals surface area contributed by atoms with Gasteiger partial charge in [-0.15, -0.1) is 0 Å². The summed E-state index contributed by atoms with van der Waals surface area (Å²) < 4.78 is 38.3. The SMILES string of the molecule is [C-]#[N+]c1ccc(C[C@H](NC(=O)NS(=O)(=O)c2ccccc2C)C(=O)N(C)c2ccc3c(c2)OCO3)cc1. The van der Waals surface area contributed by atoms with Gasteiger partial charge < -0.3 is 19.7 Å². The predicted molar refractivity (Wildman–Crippen MR) is 136 cm³/mol. The zero-order chi connectivity index (χ0) is 26.6. The third-order valence-corrected chi connectivity index (χ3v) is 7.28. The zero-order valence-corrected chi connectivity index (χ0v) is 20.9. The van der Waals surface area contributed by atoms with Crippen molar-refractivity contribution in [2.45, 2.75) is 24.3 Å². The first kappa shape index (κ1) is 25.5. The lowest BCUT2D eigenvalue weighted by molar-refractivity contribution is -0.120. The van der Waals surface area contributed by atoms with E-state index in [1.165, 1.54) is 11.0 Å². The third kappa shape index (κ3) is 5.82. The summed E-state index contributed by atoms with van der Waals surface area (Å²) in [6.07, 6.45) is 0.0594. The van der Waals surface area contributed by atoms with Gasteiger partial charge >= 0.3 is 6.03 Å². The van der Waals surface area contributed by atoms with E-state index >= 15 is 0 Å². The number of sulfonamides is 1. The molecular formula is C26H24N4O6S. The highest BCUT2D eigenvalue weighted by atomic mass is 32.2. The molecule has 3 aromatic rings. The molecule has 37 heavy (non-hydrogen) atoms. The lowest BCUT2D eigenvalue weighted by atomic mass is 10.0. The van der Waals surface area contributed by atoms with Gasteiger partial charge in [-0.3, -0.25) is 4.79 Å². The molecule has 10 nitrogen and oxygen atoms in total. The fourth-order valence-corrected chi connectivity index (χ4v) is 4.98. The topological polar surface area (TPSA) is 118 Å². The van der Waals surface area contributed by atoms with E-state index in [0.717, 1.165) is 0 Å². The van der Waals surface area contributed by atoms with Crippen LogP contribution in [0.15, 0.2) is 71.6 Å². The van der Waals surface area contributed by atoms with Gasteiger partial charge in [-0.1, -0.05) is 42.5 Å². The van der Waals surface area contributed by atoms with Crippen molar-refractivity contribution in [2.75, 3.05) is 18.7 Å². The number of nitrogens with zero attached hydrogens (tertiary/aromatic N) is 2. The number of anilines is 1. The number of ether oxygens (including phenoxy) is 2. The Kier molecular flexibility index (Phi) is 7.31. The summed E-state index contributed by atoms with van der Waals surface area (Å²) in [7, 11) is -2.63. The van der Waals surface area contributed by atoms with E-state index in [2.05, 4.69) is 10.2 Å². The maximum Gasteiger partial charge on any atom is 0.329 e. The Morgan fingerprint density at radius 1 is 1.05 bits per heavy atom. The Morgan fingerprint density at radius 3 is 2.46 bits per heavy atom. The van der Waals surface area contributed by atoms with Gasteiger partial charge in [-0.25, -0.2) is 22.8 Å². The van der Waals surface area contributed by atoms with E-state index in [1.54, 1.807) is 74.6 Å². The molecule has 0 aliphatic carbocycles. The van der Waals surface area contributed by atoms with Gasteiger partial charge in [0, 0.05) is 25.2 Å². The molecule has 0 bridgehead atoms. The van der Waals surface area contributed by atoms with Crippen LogP contribution in [0.2, 0.25) is 0 Å². The van der Waals surface area contributed by atoms with Gasteiger partial charge in [0.2, 0.25) is 12.7 Å². The highest BCUT2D eigenvalue weighted by Gasteiger charge is 2.28. The van der Waals surface area contributed by atoms with Crippen molar-refractivity contribution in [1.82, 2.24) is 10.0 Å². The van der Waals surface area contributed by atoms with Crippen LogP contribution < -0.4 is 24.4 Å². The number of aryl methyl sites for hydroxylation is 1. The minimum Gasteiger partial charge on any atom is -0.454 e. The third-order valence-electron chi connectivity index (χ3n) is 5.79. The van der Waals surface area contributed by atoms with Crippen molar-refractivity contribution >= 4 is 33.3 Å². The first-order valence-electron chi connectivity index (χ1n) is 11.2. The number of likely N-dealkylation sites (N-methyl/N-ethyl adjacent to an activating group) is 1. The molecule has 3 amide bonds. The lowest BCUT2D eigenvalue weighted by Gasteiger charge is -2.25. The van der Waals surface area contributed by atoms with Gasteiger partial charge in [-0.2, -0.15) is 0 Å². The second kappa shape index (κ2) is 10.6. The predicted octanol–water partition coefficient (Wildman–Crippen LogP) is 3.54. The van der Waals surface area contributed by atoms with Gasteiger partial charge in [0.15, 0.2) is 17.2 Å². The summed E-state index contributed by atoms with van der Waals surface area (Å²) in [5.41, 5.74) is 2.07. The minimum absolute atomic E-state index is 0.0414. The van der Waals surface area contributed by atoms with Gasteiger partial charge in [0.05, 0.1) is 11.5 Å². The molecule has 11 heteroatoms. The number of nitrogens with one attached hydrogen (secondary N) is 2. The van der Waals surface area contributed by atoms with Crippen LogP contribution in [-0.4, -0.2) is 40.2 Å². The van der Waals surface area contributed by atoms with Crippen LogP contribution >= 0.6 is 0 Å². The smallest absolute Gasteiger partial charge is 0.329 e. The monoisotopic (exact) mass is 520 g/mol. The summed E-state index contributed by atoms with van der Waals surface area (Å²) in [4.78, 5) is 31.0. The molecule has 4 rings (SSSR count). The Bertz CT molecular complexity index is 1480. The minimum atomic E-state index is -4.17. The molecule has 0 fully saturated rings. The fourth-order valence-electron chi connectivity index (χ4n) is 3.82. The molecule has 2 N–H and O–H groups in total. The molecule has 1 aliphatic heterocycles. The second-order valence-corrected chi connectivity index (χ2v) is 9.97. The highest BCUT2D eigenvalue weighted by Crippen LogP contribution is 2.35. The van der Waals surface area contributed by atoms with Crippen LogP contribution in [0.1, 0.15) is 11.1 Å². The Hall–Kier alpha value is -4.56. The molecule has 0 radical (unpaired) electrons. The van der Waals surface area contributed by atoms with E-state index in [1.807, 2.05) is 4.72 Å². The van der Waals surface area contributed by atoms with Gasteiger partial charge in [0.25, 0.3) is 10.0 Å². The number of rotatable bonds is 7. The Labute approximate surface area is 214 Å². The number of benzene rings is 3. The van der Waals surface area contributed by atoms with Crippen LogP contribution in [0, 0.1) is 13.5 Å². The molecule has 3 aromatic carbocycles. The molecular weight excluding hydrogens is 496 g/mol. The maximum atomic E-state index is 13.5. The second-order valence-electron chi connectivity index (χ2n) is 8.31. The number of hydrogen-bond donors (Lipinski definition) is 2. The zero-order valence-electron chi connectivity index (χ0n) is 20.1. The molecule has 0 spiro atoms. The molecule has 1 heterocycles. The number of carbonyl (C=O) groups is 2. The molecule has 1 atom stereocenters. The fraction of sp³-hybridized carbons (Fsp3) is 0.192. The average molecular weight is 521 g/mol. The number of fused-ring (bicyclic) bond motifs is 1. The van der Waals surface area contributed by atoms with Crippen molar-refractivity contribution in [3.8, 4) is 11.5 Å². The van der Waals surface area contributed by atoms with E-state index in [9.17, 15) is 18.0 Å². The number of carbonyl (C=O) groups excluding carboxylic acids is 2. The molecule has 0 unspecified atom stereocenters. The molecule has 1 aliphatic rings. The van der Waals surface area contributed by atoms with Crippen LogP contribution in [0.3, 0.4) is 0 Å². The van der Waals surface area contributed by atoms with Crippen LogP contribution in [0.25, 0.3) is 4.85 Å².